The first kappa shape index (κ1) is 21.4. The summed E-state index contributed by atoms with van der Waals surface area (Å²) in [5.74, 6) is -0.737. The van der Waals surface area contributed by atoms with Crippen LogP contribution in [0.5, 0.6) is 0 Å². The summed E-state index contributed by atoms with van der Waals surface area (Å²) >= 11 is 8.05. The van der Waals surface area contributed by atoms with E-state index in [4.69, 9.17) is 16.6 Å². The molecule has 1 aromatic heterocycles. The third-order valence-corrected chi connectivity index (χ3v) is 5.86. The lowest BCUT2D eigenvalue weighted by Crippen LogP contribution is -2.14. The second kappa shape index (κ2) is 9.85. The van der Waals surface area contributed by atoms with Gasteiger partial charge in [-0.15, -0.1) is 22.9 Å². The summed E-state index contributed by atoms with van der Waals surface area (Å²) in [5.41, 5.74) is 2.69. The number of aryl methyl sites for hydroxylation is 1. The molecule has 0 saturated carbocycles. The number of nitrogens with zero attached hydrogens (tertiary/aromatic N) is 3. The highest BCUT2D eigenvalue weighted by atomic mass is 35.5. The third-order valence-electron chi connectivity index (χ3n) is 4.42. The summed E-state index contributed by atoms with van der Waals surface area (Å²) in [6.07, 6.45) is 4.51. The predicted octanol–water partition coefficient (Wildman–Crippen LogP) is 5.52. The second-order valence-corrected chi connectivity index (χ2v) is 7.94. The summed E-state index contributed by atoms with van der Waals surface area (Å²) in [4.78, 5) is 16.1. The number of hydrazone groups is 1. The lowest BCUT2D eigenvalue weighted by molar-refractivity contribution is 0.0696. The van der Waals surface area contributed by atoms with E-state index < -0.39 is 5.97 Å². The Labute approximate surface area is 169 Å². The molecule has 0 bridgehead atoms. The highest BCUT2D eigenvalue weighted by molar-refractivity contribution is 7.13. The first-order valence-electron chi connectivity index (χ1n) is 9.08. The molecule has 0 saturated heterocycles. The number of hydrogen-bond donors (Lipinski definition) is 1. The van der Waals surface area contributed by atoms with Gasteiger partial charge in [0.15, 0.2) is 0 Å². The minimum atomic E-state index is -0.964. The molecule has 5 nitrogen and oxygen atoms in total. The van der Waals surface area contributed by atoms with Crippen molar-refractivity contribution in [3.8, 4) is 0 Å². The largest absolute Gasteiger partial charge is 0.478 e. The Morgan fingerprint density at radius 2 is 2.19 bits per heavy atom. The van der Waals surface area contributed by atoms with Crippen molar-refractivity contribution in [1.29, 1.82) is 0 Å². The molecule has 1 heterocycles. The molecule has 1 aromatic carbocycles. The summed E-state index contributed by atoms with van der Waals surface area (Å²) in [5, 5.41) is 18.3. The molecule has 146 valence electrons. The van der Waals surface area contributed by atoms with Crippen molar-refractivity contribution in [2.45, 2.75) is 51.3 Å². The first-order valence-corrected chi connectivity index (χ1v) is 10.4. The highest BCUT2D eigenvalue weighted by Gasteiger charge is 2.22. The normalized spacial score (nSPS) is 13.7. The molecule has 0 spiro atoms. The van der Waals surface area contributed by atoms with Crippen LogP contribution in [0.4, 0.5) is 5.13 Å². The van der Waals surface area contributed by atoms with Crippen LogP contribution in [0.3, 0.4) is 0 Å². The van der Waals surface area contributed by atoms with E-state index in [1.54, 1.807) is 30.4 Å². The maximum atomic E-state index is 11.4. The fraction of sp³-hybridized carbons (Fsp3) is 0.450. The Morgan fingerprint density at radius 1 is 1.44 bits per heavy atom. The molecule has 2 rings (SSSR count). The number of halogens is 1. The van der Waals surface area contributed by atoms with Gasteiger partial charge in [-0.05, 0) is 25.8 Å². The van der Waals surface area contributed by atoms with E-state index in [0.29, 0.717) is 5.56 Å². The van der Waals surface area contributed by atoms with Crippen LogP contribution in [0.1, 0.15) is 66.2 Å². The number of carbonyl (C=O) groups is 1. The Bertz CT molecular complexity index is 806. The van der Waals surface area contributed by atoms with Crippen LogP contribution >= 0.6 is 22.9 Å². The van der Waals surface area contributed by atoms with Gasteiger partial charge in [-0.3, -0.25) is 0 Å². The maximum Gasteiger partial charge on any atom is 0.336 e. The summed E-state index contributed by atoms with van der Waals surface area (Å²) in [6.45, 7) is 6.12. The second-order valence-electron chi connectivity index (χ2n) is 6.54. The number of aromatic carboxylic acids is 1. The number of benzene rings is 1. The topological polar surface area (TPSA) is 65.8 Å². The molecule has 0 aliphatic heterocycles. The number of rotatable bonds is 9. The van der Waals surface area contributed by atoms with Gasteiger partial charge in [0.05, 0.1) is 17.5 Å². The van der Waals surface area contributed by atoms with Gasteiger partial charge in [-0.25, -0.2) is 14.8 Å². The molecule has 0 amide bonds. The minimum absolute atomic E-state index is 0.0782. The van der Waals surface area contributed by atoms with E-state index in [1.807, 2.05) is 18.4 Å². The van der Waals surface area contributed by atoms with Crippen molar-refractivity contribution >= 4 is 40.3 Å². The van der Waals surface area contributed by atoms with Gasteiger partial charge >= 0.3 is 5.97 Å². The van der Waals surface area contributed by atoms with Crippen LogP contribution in [0, 0.1) is 6.92 Å². The lowest BCUT2D eigenvalue weighted by Gasteiger charge is -2.18. The zero-order chi connectivity index (χ0) is 20.0. The van der Waals surface area contributed by atoms with Crippen LogP contribution in [-0.4, -0.2) is 34.7 Å². The van der Waals surface area contributed by atoms with Gasteiger partial charge in [0.25, 0.3) is 0 Å². The average Bonchev–Trinajstić information content (AvgIpc) is 3.11. The van der Waals surface area contributed by atoms with E-state index in [9.17, 15) is 9.90 Å². The molecule has 2 atom stereocenters. The Hall–Kier alpha value is -1.92. The Balaban J connectivity index is 2.18. The van der Waals surface area contributed by atoms with Crippen molar-refractivity contribution in [2.24, 2.45) is 5.10 Å². The Kier molecular flexibility index (Phi) is 7.80. The quantitative estimate of drug-likeness (QED) is 0.337. The van der Waals surface area contributed by atoms with E-state index >= 15 is 0 Å². The Morgan fingerprint density at radius 3 is 2.81 bits per heavy atom. The molecule has 27 heavy (non-hydrogen) atoms. The number of anilines is 1. The molecule has 2 unspecified atom stereocenters. The third kappa shape index (κ3) is 5.53. The smallest absolute Gasteiger partial charge is 0.336 e. The molecule has 2 aromatic rings. The van der Waals surface area contributed by atoms with E-state index in [1.165, 1.54) is 11.3 Å². The SMILES string of the molecule is CCCC(Cl)C(CC)c1csc(N(C)/N=C/c2ccc(C)cc2C(=O)O)n1. The number of carboxylic acids is 1. The van der Waals surface area contributed by atoms with Gasteiger partial charge in [-0.1, -0.05) is 38.0 Å². The number of carboxylic acid groups (broad SMARTS) is 1. The number of thiazole rings is 1. The van der Waals surface area contributed by atoms with Gasteiger partial charge in [0.1, 0.15) is 0 Å². The van der Waals surface area contributed by atoms with Crippen LogP contribution in [-0.2, 0) is 0 Å². The van der Waals surface area contributed by atoms with Gasteiger partial charge in [-0.2, -0.15) is 5.10 Å². The predicted molar refractivity (Wildman–Crippen MR) is 114 cm³/mol. The van der Waals surface area contributed by atoms with E-state index in [-0.39, 0.29) is 16.9 Å². The van der Waals surface area contributed by atoms with E-state index in [0.717, 1.165) is 35.7 Å². The number of hydrogen-bond acceptors (Lipinski definition) is 5. The van der Waals surface area contributed by atoms with Crippen molar-refractivity contribution in [3.05, 3.63) is 46.0 Å². The van der Waals surface area contributed by atoms with E-state index in [2.05, 4.69) is 18.9 Å². The monoisotopic (exact) mass is 407 g/mol. The van der Waals surface area contributed by atoms with Crippen molar-refractivity contribution in [3.63, 3.8) is 0 Å². The molecule has 1 N–H and O–H groups in total. The van der Waals surface area contributed by atoms with Crippen LogP contribution in [0.25, 0.3) is 0 Å². The number of alkyl halides is 1. The van der Waals surface area contributed by atoms with Crippen molar-refractivity contribution in [1.82, 2.24) is 4.98 Å². The molecule has 0 aliphatic carbocycles. The van der Waals surface area contributed by atoms with Gasteiger partial charge in [0.2, 0.25) is 5.13 Å². The fourth-order valence-electron chi connectivity index (χ4n) is 2.89. The van der Waals surface area contributed by atoms with Crippen molar-refractivity contribution < 1.29 is 9.90 Å². The standard InChI is InChI=1S/C20H26ClN3O2S/c1-5-7-17(21)15(6-2)18-12-27-20(23-18)24(4)22-11-14-9-8-13(3)10-16(14)19(25)26/h8-12,15,17H,5-7H2,1-4H3,(H,25,26)/b22-11+. The van der Waals surface area contributed by atoms with Crippen molar-refractivity contribution in [2.75, 3.05) is 12.1 Å². The van der Waals surface area contributed by atoms with Crippen LogP contribution in [0.2, 0.25) is 0 Å². The zero-order valence-corrected chi connectivity index (χ0v) is 17.7. The molecule has 0 fully saturated rings. The summed E-state index contributed by atoms with van der Waals surface area (Å²) in [6, 6.07) is 5.28. The molecular weight excluding hydrogens is 382 g/mol. The van der Waals surface area contributed by atoms with Crippen LogP contribution < -0.4 is 5.01 Å². The highest BCUT2D eigenvalue weighted by Crippen LogP contribution is 2.33. The minimum Gasteiger partial charge on any atom is -0.478 e. The van der Waals surface area contributed by atoms with Crippen LogP contribution in [0.15, 0.2) is 28.7 Å². The zero-order valence-electron chi connectivity index (χ0n) is 16.1. The fourth-order valence-corrected chi connectivity index (χ4v) is 4.23. The average molecular weight is 408 g/mol. The molecule has 0 radical (unpaired) electrons. The lowest BCUT2D eigenvalue weighted by atomic mass is 9.96. The van der Waals surface area contributed by atoms with Gasteiger partial charge in [0, 0.05) is 29.3 Å². The molecule has 0 aliphatic rings. The van der Waals surface area contributed by atoms with Gasteiger partial charge < -0.3 is 5.11 Å². The number of aromatic nitrogens is 1. The molecule has 7 heteroatoms. The summed E-state index contributed by atoms with van der Waals surface area (Å²) < 4.78 is 0. The maximum absolute atomic E-state index is 11.4. The first-order chi connectivity index (χ1) is 12.9. The summed E-state index contributed by atoms with van der Waals surface area (Å²) in [7, 11) is 1.80. The molecular formula is C20H26ClN3O2S.